The van der Waals surface area contributed by atoms with Gasteiger partial charge in [0.15, 0.2) is 0 Å². The van der Waals surface area contributed by atoms with Gasteiger partial charge in [-0.05, 0) is 42.7 Å². The smallest absolute Gasteiger partial charge is 0.145 e. The first kappa shape index (κ1) is 19.5. The van der Waals surface area contributed by atoms with E-state index in [4.69, 9.17) is 4.74 Å². The van der Waals surface area contributed by atoms with Gasteiger partial charge >= 0.3 is 0 Å². The average Bonchev–Trinajstić information content (AvgIpc) is 2.65. The highest BCUT2D eigenvalue weighted by atomic mass is 16.5. The van der Waals surface area contributed by atoms with Crippen molar-refractivity contribution < 1.29 is 4.74 Å². The Kier molecular flexibility index (Phi) is 5.88. The number of benzene rings is 1. The number of hydrogen-bond donors (Lipinski definition) is 1. The maximum Gasteiger partial charge on any atom is 0.145 e. The fourth-order valence-electron chi connectivity index (χ4n) is 3.68. The minimum absolute atomic E-state index is 0.171. The van der Waals surface area contributed by atoms with Crippen molar-refractivity contribution in [2.45, 2.75) is 64.8 Å². The molecule has 1 aromatic heterocycles. The molecule has 1 aromatic carbocycles. The zero-order valence-corrected chi connectivity index (χ0v) is 17.3. The van der Waals surface area contributed by atoms with Crippen molar-refractivity contribution in [3.05, 3.63) is 65.0 Å². The summed E-state index contributed by atoms with van der Waals surface area (Å²) in [7, 11) is 1.74. The Hall–Kier alpha value is -2.29. The lowest BCUT2D eigenvalue weighted by atomic mass is 9.86. The Balaban J connectivity index is 1.90. The van der Waals surface area contributed by atoms with Crippen LogP contribution in [-0.2, 0) is 11.8 Å². The van der Waals surface area contributed by atoms with Gasteiger partial charge in [-0.1, -0.05) is 57.2 Å². The second-order valence-electron chi connectivity index (χ2n) is 8.52. The number of nitrogens with zero attached hydrogens (tertiary/aromatic N) is 1. The van der Waals surface area contributed by atoms with Crippen LogP contribution in [0.15, 0.2) is 42.6 Å². The van der Waals surface area contributed by atoms with Gasteiger partial charge in [-0.15, -0.1) is 0 Å². The number of allylic oxidation sites excluding steroid dienone is 1. The van der Waals surface area contributed by atoms with E-state index in [1.807, 2.05) is 13.1 Å². The molecule has 1 atom stereocenters. The number of aromatic nitrogens is 1. The van der Waals surface area contributed by atoms with Crippen LogP contribution in [0, 0.1) is 6.92 Å². The third-order valence-electron chi connectivity index (χ3n) is 5.35. The Morgan fingerprint density at radius 3 is 2.48 bits per heavy atom. The van der Waals surface area contributed by atoms with Gasteiger partial charge in [-0.2, -0.15) is 0 Å². The number of ether oxygens (including phenoxy) is 1. The van der Waals surface area contributed by atoms with Gasteiger partial charge in [0.05, 0.1) is 24.7 Å². The Morgan fingerprint density at radius 2 is 1.89 bits per heavy atom. The van der Waals surface area contributed by atoms with E-state index in [9.17, 15) is 0 Å². The third-order valence-corrected chi connectivity index (χ3v) is 5.35. The largest absolute Gasteiger partial charge is 0.494 e. The van der Waals surface area contributed by atoms with Crippen molar-refractivity contribution in [3.8, 4) is 5.75 Å². The summed E-state index contributed by atoms with van der Waals surface area (Å²) in [5, 5.41) is 3.71. The van der Waals surface area contributed by atoms with Crippen molar-refractivity contribution in [1.29, 1.82) is 0 Å². The fraction of sp³-hybridized carbons (Fsp3) is 0.458. The van der Waals surface area contributed by atoms with Crippen molar-refractivity contribution >= 4 is 5.69 Å². The number of aryl methyl sites for hydroxylation is 1. The van der Waals surface area contributed by atoms with E-state index in [-0.39, 0.29) is 5.41 Å². The normalized spacial score (nSPS) is 17.0. The topological polar surface area (TPSA) is 34.1 Å². The van der Waals surface area contributed by atoms with Crippen LogP contribution in [0.2, 0.25) is 0 Å². The second-order valence-corrected chi connectivity index (χ2v) is 8.52. The highest BCUT2D eigenvalue weighted by Gasteiger charge is 2.18. The van der Waals surface area contributed by atoms with E-state index in [0.717, 1.165) is 42.8 Å². The lowest BCUT2D eigenvalue weighted by Crippen LogP contribution is -2.21. The van der Waals surface area contributed by atoms with Crippen LogP contribution < -0.4 is 10.1 Å². The van der Waals surface area contributed by atoms with Crippen LogP contribution in [0.25, 0.3) is 0 Å². The molecule has 144 valence electrons. The second kappa shape index (κ2) is 8.16. The van der Waals surface area contributed by atoms with Crippen molar-refractivity contribution in [2.75, 3.05) is 12.4 Å². The Labute approximate surface area is 163 Å². The van der Waals surface area contributed by atoms with Crippen molar-refractivity contribution in [3.63, 3.8) is 0 Å². The summed E-state index contributed by atoms with van der Waals surface area (Å²) >= 11 is 0. The SMILES string of the molecule is COc1c(C)ncc(NC2CC=CCC2)c1Cc1ccc(C(C)(C)C)cc1. The van der Waals surface area contributed by atoms with E-state index < -0.39 is 0 Å². The van der Waals surface area contributed by atoms with Crippen molar-refractivity contribution in [1.82, 2.24) is 4.98 Å². The maximum absolute atomic E-state index is 5.74. The number of hydrogen-bond acceptors (Lipinski definition) is 3. The number of methoxy groups -OCH3 is 1. The molecule has 1 aliphatic rings. The lowest BCUT2D eigenvalue weighted by Gasteiger charge is -2.24. The van der Waals surface area contributed by atoms with E-state index in [2.05, 4.69) is 67.5 Å². The van der Waals surface area contributed by atoms with Crippen LogP contribution in [-0.4, -0.2) is 18.1 Å². The zero-order chi connectivity index (χ0) is 19.4. The fourth-order valence-corrected chi connectivity index (χ4v) is 3.68. The molecule has 0 radical (unpaired) electrons. The minimum atomic E-state index is 0.171. The molecule has 1 aliphatic carbocycles. The molecule has 0 saturated heterocycles. The van der Waals surface area contributed by atoms with Crippen molar-refractivity contribution in [2.24, 2.45) is 0 Å². The van der Waals surface area contributed by atoms with Gasteiger partial charge in [0, 0.05) is 18.0 Å². The Bertz CT molecular complexity index is 800. The van der Waals surface area contributed by atoms with E-state index in [1.54, 1.807) is 7.11 Å². The average molecular weight is 365 g/mol. The Morgan fingerprint density at radius 1 is 1.15 bits per heavy atom. The van der Waals surface area contributed by atoms with Gasteiger partial charge < -0.3 is 10.1 Å². The summed E-state index contributed by atoms with van der Waals surface area (Å²) < 4.78 is 5.74. The zero-order valence-electron chi connectivity index (χ0n) is 17.3. The predicted octanol–water partition coefficient (Wildman–Crippen LogP) is 5.81. The minimum Gasteiger partial charge on any atom is -0.494 e. The molecule has 0 saturated carbocycles. The monoisotopic (exact) mass is 364 g/mol. The predicted molar refractivity (Wildman–Crippen MR) is 114 cm³/mol. The number of anilines is 1. The molecule has 1 unspecified atom stereocenters. The van der Waals surface area contributed by atoms with Gasteiger partial charge in [0.2, 0.25) is 0 Å². The summed E-state index contributed by atoms with van der Waals surface area (Å²) in [4.78, 5) is 4.56. The molecule has 0 bridgehead atoms. The summed E-state index contributed by atoms with van der Waals surface area (Å²) in [6.07, 6.45) is 10.7. The van der Waals surface area contributed by atoms with Crippen LogP contribution in [0.3, 0.4) is 0 Å². The molecule has 1 heterocycles. The first-order valence-corrected chi connectivity index (χ1v) is 9.92. The summed E-state index contributed by atoms with van der Waals surface area (Å²) in [6, 6.07) is 9.43. The number of nitrogens with one attached hydrogen (secondary N) is 1. The molecule has 3 heteroatoms. The molecule has 0 amide bonds. The number of rotatable bonds is 5. The molecule has 3 nitrogen and oxygen atoms in total. The third kappa shape index (κ3) is 4.71. The first-order chi connectivity index (χ1) is 12.9. The highest BCUT2D eigenvalue weighted by molar-refractivity contribution is 5.59. The molecule has 27 heavy (non-hydrogen) atoms. The maximum atomic E-state index is 5.74. The molecule has 3 rings (SSSR count). The summed E-state index contributed by atoms with van der Waals surface area (Å²) in [6.45, 7) is 8.76. The van der Waals surface area contributed by atoms with Gasteiger partial charge in [0.25, 0.3) is 0 Å². The molecule has 0 aliphatic heterocycles. The number of pyridine rings is 1. The first-order valence-electron chi connectivity index (χ1n) is 9.92. The van der Waals surface area contributed by atoms with Crippen LogP contribution >= 0.6 is 0 Å². The molecule has 2 aromatic rings. The van der Waals surface area contributed by atoms with E-state index >= 15 is 0 Å². The molecular formula is C24H32N2O. The van der Waals surface area contributed by atoms with Crippen LogP contribution in [0.4, 0.5) is 5.69 Å². The standard InChI is InChI=1S/C24H32N2O/c1-17-23(27-5)21(15-18-11-13-19(14-12-18)24(2,3)4)22(16-25-17)26-20-9-7-6-8-10-20/h6-7,11-14,16,20,26H,8-10,15H2,1-5H3. The molecular weight excluding hydrogens is 332 g/mol. The highest BCUT2D eigenvalue weighted by Crippen LogP contribution is 2.33. The molecule has 0 spiro atoms. The van der Waals surface area contributed by atoms with Crippen LogP contribution in [0.1, 0.15) is 62.4 Å². The summed E-state index contributed by atoms with van der Waals surface area (Å²) in [5.74, 6) is 0.895. The quantitative estimate of drug-likeness (QED) is 0.680. The van der Waals surface area contributed by atoms with Gasteiger partial charge in [-0.25, -0.2) is 0 Å². The van der Waals surface area contributed by atoms with Crippen LogP contribution in [0.5, 0.6) is 5.75 Å². The molecule has 1 N–H and O–H groups in total. The molecule has 0 fully saturated rings. The van der Waals surface area contributed by atoms with E-state index in [1.165, 1.54) is 16.7 Å². The van der Waals surface area contributed by atoms with Gasteiger partial charge in [0.1, 0.15) is 5.75 Å². The summed E-state index contributed by atoms with van der Waals surface area (Å²) in [5.41, 5.74) is 6.05. The lowest BCUT2D eigenvalue weighted by molar-refractivity contribution is 0.405. The van der Waals surface area contributed by atoms with E-state index in [0.29, 0.717) is 6.04 Å². The van der Waals surface area contributed by atoms with Gasteiger partial charge in [-0.3, -0.25) is 4.98 Å².